The molecule has 1 fully saturated rings. The Labute approximate surface area is 139 Å². The SMILES string of the molecule is CC(=O)O[C@@H](/C=C/I)[C@@]1(C)CC[C@H](C(C)(C)OC(C)=O)O1. The number of carbonyl (C=O) groups excluding carboxylic acids is 2. The molecule has 0 aromatic rings. The lowest BCUT2D eigenvalue weighted by molar-refractivity contribution is -0.186. The Morgan fingerprint density at radius 3 is 2.48 bits per heavy atom. The number of halogens is 1. The van der Waals surface area contributed by atoms with E-state index < -0.39 is 17.3 Å². The molecule has 3 atom stereocenters. The van der Waals surface area contributed by atoms with Gasteiger partial charge in [0.2, 0.25) is 0 Å². The van der Waals surface area contributed by atoms with Crippen LogP contribution in [0.3, 0.4) is 0 Å². The van der Waals surface area contributed by atoms with Crippen LogP contribution in [-0.2, 0) is 23.8 Å². The number of hydrogen-bond donors (Lipinski definition) is 0. The Hall–Kier alpha value is -0.630. The number of esters is 2. The average Bonchev–Trinajstić information content (AvgIpc) is 2.71. The normalized spacial score (nSPS) is 27.6. The summed E-state index contributed by atoms with van der Waals surface area (Å²) in [6, 6.07) is 0. The smallest absolute Gasteiger partial charge is 0.303 e. The molecule has 0 aromatic carbocycles. The molecule has 0 spiro atoms. The molecule has 21 heavy (non-hydrogen) atoms. The van der Waals surface area contributed by atoms with Crippen molar-refractivity contribution < 1.29 is 23.8 Å². The molecule has 0 amide bonds. The third-order valence-corrected chi connectivity index (χ3v) is 4.05. The maximum absolute atomic E-state index is 11.3. The van der Waals surface area contributed by atoms with Crippen LogP contribution in [0.4, 0.5) is 0 Å². The molecule has 1 saturated heterocycles. The summed E-state index contributed by atoms with van der Waals surface area (Å²) in [6.45, 7) is 8.35. The van der Waals surface area contributed by atoms with Gasteiger partial charge in [0.25, 0.3) is 0 Å². The van der Waals surface area contributed by atoms with Crippen molar-refractivity contribution in [1.82, 2.24) is 0 Å². The van der Waals surface area contributed by atoms with Crippen LogP contribution < -0.4 is 0 Å². The average molecular weight is 410 g/mol. The van der Waals surface area contributed by atoms with Gasteiger partial charge in [-0.1, -0.05) is 22.6 Å². The van der Waals surface area contributed by atoms with Crippen LogP contribution in [-0.4, -0.2) is 35.3 Å². The quantitative estimate of drug-likeness (QED) is 0.515. The molecule has 1 heterocycles. The molecule has 1 rings (SSSR count). The van der Waals surface area contributed by atoms with E-state index >= 15 is 0 Å². The predicted molar refractivity (Wildman–Crippen MR) is 87.1 cm³/mol. The molecule has 6 heteroatoms. The van der Waals surface area contributed by atoms with Crippen molar-refractivity contribution in [2.75, 3.05) is 0 Å². The summed E-state index contributed by atoms with van der Waals surface area (Å²) >= 11 is 2.08. The van der Waals surface area contributed by atoms with Gasteiger partial charge in [-0.05, 0) is 43.8 Å². The van der Waals surface area contributed by atoms with Crippen LogP contribution in [0.15, 0.2) is 10.2 Å². The summed E-state index contributed by atoms with van der Waals surface area (Å²) in [5.41, 5.74) is -1.33. The highest BCUT2D eigenvalue weighted by Crippen LogP contribution is 2.40. The zero-order valence-electron chi connectivity index (χ0n) is 13.1. The lowest BCUT2D eigenvalue weighted by Crippen LogP contribution is -2.46. The third kappa shape index (κ3) is 4.95. The molecule has 0 unspecified atom stereocenters. The molecule has 1 aliphatic heterocycles. The van der Waals surface area contributed by atoms with Crippen molar-refractivity contribution in [2.45, 2.75) is 70.9 Å². The minimum Gasteiger partial charge on any atom is -0.457 e. The third-order valence-electron chi connectivity index (χ3n) is 3.64. The van der Waals surface area contributed by atoms with Crippen molar-refractivity contribution in [3.63, 3.8) is 0 Å². The molecule has 5 nitrogen and oxygen atoms in total. The van der Waals surface area contributed by atoms with Gasteiger partial charge in [-0.2, -0.15) is 0 Å². The molecule has 0 saturated carbocycles. The van der Waals surface area contributed by atoms with E-state index in [4.69, 9.17) is 14.2 Å². The monoisotopic (exact) mass is 410 g/mol. The fourth-order valence-electron chi connectivity index (χ4n) is 2.61. The first-order valence-corrected chi connectivity index (χ1v) is 8.17. The summed E-state index contributed by atoms with van der Waals surface area (Å²) in [5.74, 6) is -0.678. The zero-order chi connectivity index (χ0) is 16.3. The van der Waals surface area contributed by atoms with Gasteiger partial charge in [-0.3, -0.25) is 9.59 Å². The van der Waals surface area contributed by atoms with Gasteiger partial charge in [0.15, 0.2) is 0 Å². The van der Waals surface area contributed by atoms with Gasteiger partial charge in [0, 0.05) is 13.8 Å². The highest BCUT2D eigenvalue weighted by Gasteiger charge is 2.49. The van der Waals surface area contributed by atoms with Crippen LogP contribution in [0.25, 0.3) is 0 Å². The van der Waals surface area contributed by atoms with E-state index in [0.29, 0.717) is 0 Å². The van der Waals surface area contributed by atoms with Gasteiger partial charge in [-0.25, -0.2) is 0 Å². The van der Waals surface area contributed by atoms with Gasteiger partial charge in [-0.15, -0.1) is 0 Å². The van der Waals surface area contributed by atoms with E-state index in [1.54, 1.807) is 0 Å². The largest absolute Gasteiger partial charge is 0.457 e. The van der Waals surface area contributed by atoms with E-state index in [9.17, 15) is 9.59 Å². The minimum atomic E-state index is -0.710. The van der Waals surface area contributed by atoms with Crippen LogP contribution in [0, 0.1) is 0 Å². The second-order valence-electron chi connectivity index (χ2n) is 6.00. The molecule has 0 bridgehead atoms. The highest BCUT2D eigenvalue weighted by molar-refractivity contribution is 14.1. The first kappa shape index (κ1) is 18.4. The number of rotatable bonds is 5. The molecule has 0 N–H and O–H groups in total. The van der Waals surface area contributed by atoms with Crippen LogP contribution >= 0.6 is 22.6 Å². The lowest BCUT2D eigenvalue weighted by Gasteiger charge is -2.35. The Balaban J connectivity index is 2.86. The van der Waals surface area contributed by atoms with Gasteiger partial charge in [0.05, 0.1) is 6.10 Å². The molecule has 1 aliphatic rings. The molecule has 0 radical (unpaired) electrons. The molecular weight excluding hydrogens is 387 g/mol. The summed E-state index contributed by atoms with van der Waals surface area (Å²) < 4.78 is 18.6. The predicted octanol–water partition coefficient (Wildman–Crippen LogP) is 3.15. The van der Waals surface area contributed by atoms with Crippen LogP contribution in [0.5, 0.6) is 0 Å². The second-order valence-corrected chi connectivity index (χ2v) is 6.72. The van der Waals surface area contributed by atoms with E-state index in [-0.39, 0.29) is 18.0 Å². The summed E-state index contributed by atoms with van der Waals surface area (Å²) in [4.78, 5) is 22.5. The first-order chi connectivity index (χ1) is 9.60. The van der Waals surface area contributed by atoms with Crippen LogP contribution in [0.2, 0.25) is 0 Å². The molecule has 0 aliphatic carbocycles. The standard InChI is InChI=1S/C15H23IO5/c1-10(17)19-13(7-9-16)15(5)8-6-12(21-15)14(3,4)20-11(2)18/h7,9,12-13H,6,8H2,1-5H3/b9-7+/t12-,13+,15-/m1/s1. The van der Waals surface area contributed by atoms with E-state index in [1.165, 1.54) is 13.8 Å². The van der Waals surface area contributed by atoms with Gasteiger partial charge >= 0.3 is 11.9 Å². The Bertz CT molecular complexity index is 432. The highest BCUT2D eigenvalue weighted by atomic mass is 127. The fraction of sp³-hybridized carbons (Fsp3) is 0.733. The molecule has 0 aromatic heterocycles. The van der Waals surface area contributed by atoms with Gasteiger partial charge < -0.3 is 14.2 Å². The van der Waals surface area contributed by atoms with Gasteiger partial charge in [0.1, 0.15) is 17.3 Å². The fourth-order valence-corrected chi connectivity index (χ4v) is 2.98. The van der Waals surface area contributed by atoms with E-state index in [0.717, 1.165) is 12.8 Å². The second kappa shape index (κ2) is 7.09. The van der Waals surface area contributed by atoms with Crippen LogP contribution in [0.1, 0.15) is 47.5 Å². The minimum absolute atomic E-state index is 0.230. The summed E-state index contributed by atoms with van der Waals surface area (Å²) in [7, 11) is 0. The first-order valence-electron chi connectivity index (χ1n) is 6.92. The Morgan fingerprint density at radius 2 is 2.00 bits per heavy atom. The van der Waals surface area contributed by atoms with Crippen molar-refractivity contribution in [3.05, 3.63) is 10.2 Å². The van der Waals surface area contributed by atoms with E-state index in [2.05, 4.69) is 22.6 Å². The van der Waals surface area contributed by atoms with Crippen molar-refractivity contribution >= 4 is 34.5 Å². The number of hydrogen-bond acceptors (Lipinski definition) is 5. The van der Waals surface area contributed by atoms with Crippen molar-refractivity contribution in [2.24, 2.45) is 0 Å². The maximum Gasteiger partial charge on any atom is 0.303 e. The summed E-state index contributed by atoms with van der Waals surface area (Å²) in [6.07, 6.45) is 2.59. The molecule has 120 valence electrons. The number of ether oxygens (including phenoxy) is 3. The Morgan fingerprint density at radius 1 is 1.38 bits per heavy atom. The topological polar surface area (TPSA) is 61.8 Å². The van der Waals surface area contributed by atoms with E-state index in [1.807, 2.05) is 30.9 Å². The van der Waals surface area contributed by atoms with Crippen molar-refractivity contribution in [3.8, 4) is 0 Å². The molecular formula is C15H23IO5. The van der Waals surface area contributed by atoms with Crippen molar-refractivity contribution in [1.29, 1.82) is 0 Å². The Kier molecular flexibility index (Phi) is 6.22. The number of carbonyl (C=O) groups is 2. The maximum atomic E-state index is 11.3. The zero-order valence-corrected chi connectivity index (χ0v) is 15.3. The lowest BCUT2D eigenvalue weighted by atomic mass is 9.93. The summed E-state index contributed by atoms with van der Waals surface area (Å²) in [5, 5.41) is 0.